The van der Waals surface area contributed by atoms with Gasteiger partial charge in [0.2, 0.25) is 5.91 Å². The molecule has 0 bridgehead atoms. The van der Waals surface area contributed by atoms with Crippen LogP contribution < -0.4 is 10.1 Å². The van der Waals surface area contributed by atoms with Crippen molar-refractivity contribution in [2.75, 3.05) is 11.9 Å². The Morgan fingerprint density at radius 1 is 1.15 bits per heavy atom. The number of amides is 1. The van der Waals surface area contributed by atoms with Gasteiger partial charge in [0.15, 0.2) is 6.61 Å². The van der Waals surface area contributed by atoms with E-state index in [1.807, 2.05) is 32.2 Å². The largest absolute Gasteiger partial charge is 0.482 e. The number of H-pyrrole nitrogens is 1. The SMILES string of the molecule is Cc1ccc2c(CC(=O)Nc3ccc(OCC(=O)O)cc3C)c[nH]c2c1. The van der Waals surface area contributed by atoms with Crippen molar-refractivity contribution in [2.24, 2.45) is 0 Å². The number of nitrogens with one attached hydrogen (secondary N) is 2. The molecule has 6 heteroatoms. The Balaban J connectivity index is 1.68. The first-order valence-electron chi connectivity index (χ1n) is 8.24. The topological polar surface area (TPSA) is 91.4 Å². The summed E-state index contributed by atoms with van der Waals surface area (Å²) < 4.78 is 5.13. The van der Waals surface area contributed by atoms with Crippen LogP contribution in [-0.2, 0) is 16.0 Å². The van der Waals surface area contributed by atoms with Crippen LogP contribution in [0.25, 0.3) is 10.9 Å². The highest BCUT2D eigenvalue weighted by atomic mass is 16.5. The molecule has 0 aliphatic rings. The minimum Gasteiger partial charge on any atom is -0.482 e. The summed E-state index contributed by atoms with van der Waals surface area (Å²) in [4.78, 5) is 26.2. The molecule has 3 N–H and O–H groups in total. The summed E-state index contributed by atoms with van der Waals surface area (Å²) in [7, 11) is 0. The first-order valence-corrected chi connectivity index (χ1v) is 8.24. The number of carboxylic acid groups (broad SMARTS) is 1. The van der Waals surface area contributed by atoms with Crippen LogP contribution in [0, 0.1) is 13.8 Å². The van der Waals surface area contributed by atoms with Crippen LogP contribution in [0.5, 0.6) is 5.75 Å². The normalized spacial score (nSPS) is 10.7. The third kappa shape index (κ3) is 4.03. The summed E-state index contributed by atoms with van der Waals surface area (Å²) in [6.45, 7) is 3.46. The highest BCUT2D eigenvalue weighted by molar-refractivity contribution is 5.96. The predicted octanol–water partition coefficient (Wildman–Crippen LogP) is 3.43. The zero-order valence-corrected chi connectivity index (χ0v) is 14.6. The van der Waals surface area contributed by atoms with Gasteiger partial charge in [0.05, 0.1) is 6.42 Å². The summed E-state index contributed by atoms with van der Waals surface area (Å²) in [5.41, 5.74) is 4.60. The van der Waals surface area contributed by atoms with Gasteiger partial charge < -0.3 is 20.1 Å². The molecule has 3 rings (SSSR count). The lowest BCUT2D eigenvalue weighted by atomic mass is 10.1. The van der Waals surface area contributed by atoms with Gasteiger partial charge in [-0.25, -0.2) is 4.79 Å². The van der Waals surface area contributed by atoms with Crippen LogP contribution in [0.3, 0.4) is 0 Å². The number of fused-ring (bicyclic) bond motifs is 1. The average molecular weight is 352 g/mol. The number of carbonyl (C=O) groups is 2. The lowest BCUT2D eigenvalue weighted by Crippen LogP contribution is -2.15. The number of aryl methyl sites for hydroxylation is 2. The Bertz CT molecular complexity index is 975. The molecule has 0 atom stereocenters. The summed E-state index contributed by atoms with van der Waals surface area (Å²) in [6, 6.07) is 11.1. The maximum absolute atomic E-state index is 12.4. The molecular weight excluding hydrogens is 332 g/mol. The van der Waals surface area contributed by atoms with Gasteiger partial charge in [-0.3, -0.25) is 4.79 Å². The summed E-state index contributed by atoms with van der Waals surface area (Å²) in [5, 5.41) is 12.6. The molecule has 0 unspecified atom stereocenters. The Labute approximate surface area is 150 Å². The van der Waals surface area contributed by atoms with E-state index < -0.39 is 12.6 Å². The van der Waals surface area contributed by atoms with Gasteiger partial charge in [0.1, 0.15) is 5.75 Å². The minimum atomic E-state index is -1.03. The van der Waals surface area contributed by atoms with Gasteiger partial charge in [-0.1, -0.05) is 12.1 Å². The van der Waals surface area contributed by atoms with E-state index >= 15 is 0 Å². The fraction of sp³-hybridized carbons (Fsp3) is 0.200. The molecule has 6 nitrogen and oxygen atoms in total. The fourth-order valence-electron chi connectivity index (χ4n) is 2.83. The van der Waals surface area contributed by atoms with E-state index in [9.17, 15) is 9.59 Å². The summed E-state index contributed by atoms with van der Waals surface area (Å²) in [5.74, 6) is -0.697. The van der Waals surface area contributed by atoms with Gasteiger partial charge >= 0.3 is 5.97 Å². The molecule has 3 aromatic rings. The second kappa shape index (κ2) is 7.31. The molecule has 1 amide bonds. The third-order valence-electron chi connectivity index (χ3n) is 4.11. The van der Waals surface area contributed by atoms with Gasteiger partial charge in [-0.2, -0.15) is 0 Å². The van der Waals surface area contributed by atoms with Crippen molar-refractivity contribution < 1.29 is 19.4 Å². The van der Waals surface area contributed by atoms with Crippen LogP contribution in [0.15, 0.2) is 42.6 Å². The number of aromatic nitrogens is 1. The zero-order valence-electron chi connectivity index (χ0n) is 14.6. The quantitative estimate of drug-likeness (QED) is 0.634. The Kier molecular flexibility index (Phi) is 4.93. The maximum atomic E-state index is 12.4. The second-order valence-electron chi connectivity index (χ2n) is 6.25. The van der Waals surface area contributed by atoms with Crippen molar-refractivity contribution >= 4 is 28.5 Å². The van der Waals surface area contributed by atoms with Gasteiger partial charge in [0.25, 0.3) is 0 Å². The van der Waals surface area contributed by atoms with Crippen LogP contribution in [0.1, 0.15) is 16.7 Å². The number of ether oxygens (including phenoxy) is 1. The van der Waals surface area contributed by atoms with E-state index in [2.05, 4.69) is 16.4 Å². The second-order valence-corrected chi connectivity index (χ2v) is 6.25. The van der Waals surface area contributed by atoms with E-state index in [4.69, 9.17) is 9.84 Å². The first kappa shape index (κ1) is 17.5. The van der Waals surface area contributed by atoms with Crippen LogP contribution in [-0.4, -0.2) is 28.6 Å². The van der Waals surface area contributed by atoms with E-state index in [0.717, 1.165) is 27.6 Å². The van der Waals surface area contributed by atoms with Crippen molar-refractivity contribution in [1.82, 2.24) is 4.98 Å². The van der Waals surface area contributed by atoms with Crippen molar-refractivity contribution in [3.05, 3.63) is 59.3 Å². The molecule has 1 heterocycles. The number of rotatable bonds is 6. The molecule has 1 aromatic heterocycles. The van der Waals surface area contributed by atoms with Crippen LogP contribution in [0.4, 0.5) is 5.69 Å². The van der Waals surface area contributed by atoms with Crippen molar-refractivity contribution in [3.8, 4) is 5.75 Å². The first-order chi connectivity index (χ1) is 12.4. The van der Waals surface area contributed by atoms with Crippen molar-refractivity contribution in [2.45, 2.75) is 20.3 Å². The molecule has 2 aromatic carbocycles. The molecule has 0 aliphatic heterocycles. The smallest absolute Gasteiger partial charge is 0.341 e. The average Bonchev–Trinajstić information content (AvgIpc) is 2.97. The zero-order chi connectivity index (χ0) is 18.7. The Morgan fingerprint density at radius 3 is 2.69 bits per heavy atom. The number of hydrogen-bond acceptors (Lipinski definition) is 3. The summed E-state index contributed by atoms with van der Waals surface area (Å²) >= 11 is 0. The molecule has 0 spiro atoms. The van der Waals surface area contributed by atoms with Crippen molar-refractivity contribution in [3.63, 3.8) is 0 Å². The van der Waals surface area contributed by atoms with Gasteiger partial charge in [-0.05, 0) is 54.8 Å². The third-order valence-corrected chi connectivity index (χ3v) is 4.11. The van der Waals surface area contributed by atoms with E-state index in [-0.39, 0.29) is 12.3 Å². The van der Waals surface area contributed by atoms with Gasteiger partial charge in [0, 0.05) is 22.8 Å². The number of hydrogen-bond donors (Lipinski definition) is 3. The summed E-state index contributed by atoms with van der Waals surface area (Å²) in [6.07, 6.45) is 2.12. The number of benzene rings is 2. The molecule has 0 fully saturated rings. The number of carboxylic acids is 1. The minimum absolute atomic E-state index is 0.117. The van der Waals surface area contributed by atoms with E-state index in [0.29, 0.717) is 11.4 Å². The van der Waals surface area contributed by atoms with E-state index in [1.54, 1.807) is 18.2 Å². The maximum Gasteiger partial charge on any atom is 0.341 e. The number of aliphatic carboxylic acids is 1. The number of anilines is 1. The lowest BCUT2D eigenvalue weighted by Gasteiger charge is -2.10. The molecule has 0 saturated heterocycles. The van der Waals surface area contributed by atoms with Crippen molar-refractivity contribution in [1.29, 1.82) is 0 Å². The van der Waals surface area contributed by atoms with Crippen LogP contribution >= 0.6 is 0 Å². The molecule has 0 radical (unpaired) electrons. The Morgan fingerprint density at radius 2 is 1.96 bits per heavy atom. The molecule has 26 heavy (non-hydrogen) atoms. The van der Waals surface area contributed by atoms with Gasteiger partial charge in [-0.15, -0.1) is 0 Å². The molecule has 0 saturated carbocycles. The number of carbonyl (C=O) groups excluding carboxylic acids is 1. The molecular formula is C20H20N2O4. The fourth-order valence-corrected chi connectivity index (χ4v) is 2.83. The molecule has 134 valence electrons. The number of aromatic amines is 1. The highest BCUT2D eigenvalue weighted by Gasteiger charge is 2.11. The predicted molar refractivity (Wildman–Crippen MR) is 99.7 cm³/mol. The lowest BCUT2D eigenvalue weighted by molar-refractivity contribution is -0.139. The monoisotopic (exact) mass is 352 g/mol. The highest BCUT2D eigenvalue weighted by Crippen LogP contribution is 2.23. The Hall–Kier alpha value is -3.28. The van der Waals surface area contributed by atoms with E-state index in [1.165, 1.54) is 0 Å². The standard InChI is InChI=1S/C20H20N2O4/c1-12-3-5-16-14(10-21-18(16)7-12)9-19(23)22-17-6-4-15(8-13(17)2)26-11-20(24)25/h3-8,10,21H,9,11H2,1-2H3,(H,22,23)(H,24,25). The van der Waals surface area contributed by atoms with Crippen LogP contribution in [0.2, 0.25) is 0 Å². The molecule has 0 aliphatic carbocycles.